The first-order valence-corrected chi connectivity index (χ1v) is 6.76. The Hall–Kier alpha value is -2.02. The van der Waals surface area contributed by atoms with Crippen LogP contribution >= 0.6 is 0 Å². The van der Waals surface area contributed by atoms with E-state index in [1.165, 1.54) is 12.5 Å². The molecule has 0 aliphatic rings. The minimum Gasteiger partial charge on any atom is -0.378 e. The first-order valence-electron chi connectivity index (χ1n) is 5.27. The number of sulfonamides is 1. The summed E-state index contributed by atoms with van der Waals surface area (Å²) in [5, 5.41) is 0.0409. The van der Waals surface area contributed by atoms with Crippen molar-refractivity contribution >= 4 is 21.4 Å². The van der Waals surface area contributed by atoms with Crippen molar-refractivity contribution in [2.75, 3.05) is 23.7 Å². The van der Waals surface area contributed by atoms with Crippen LogP contribution in [0.5, 0.6) is 0 Å². The molecular weight excluding hydrogens is 252 g/mol. The molecule has 0 atom stereocenters. The number of nitrogens with one attached hydrogen (secondary N) is 2. The number of anilines is 2. The fraction of sp³-hybridized carbons (Fsp3) is 0.182. The summed E-state index contributed by atoms with van der Waals surface area (Å²) in [4.78, 5) is 8.18. The van der Waals surface area contributed by atoms with Crippen LogP contribution in [0.1, 0.15) is 0 Å². The third kappa shape index (κ3) is 2.62. The molecule has 0 aliphatic carbocycles. The summed E-state index contributed by atoms with van der Waals surface area (Å²) < 4.78 is 26.2. The lowest BCUT2D eigenvalue weighted by molar-refractivity contribution is 0.598. The minimum atomic E-state index is -3.58. The van der Waals surface area contributed by atoms with E-state index in [1.807, 2.05) is 31.1 Å². The average molecular weight is 266 g/mol. The molecule has 2 aromatic rings. The highest BCUT2D eigenvalue weighted by molar-refractivity contribution is 7.92. The second kappa shape index (κ2) is 4.69. The highest BCUT2D eigenvalue weighted by Gasteiger charge is 2.15. The molecule has 7 heteroatoms. The van der Waals surface area contributed by atoms with E-state index in [0.29, 0.717) is 5.69 Å². The quantitative estimate of drug-likeness (QED) is 0.873. The molecule has 0 spiro atoms. The highest BCUT2D eigenvalue weighted by atomic mass is 32.2. The smallest absolute Gasteiger partial charge is 0.278 e. The predicted molar refractivity (Wildman–Crippen MR) is 70.2 cm³/mol. The Kier molecular flexibility index (Phi) is 3.24. The fourth-order valence-electron chi connectivity index (χ4n) is 1.43. The average Bonchev–Trinajstić information content (AvgIpc) is 2.83. The number of benzene rings is 1. The van der Waals surface area contributed by atoms with Gasteiger partial charge in [0.1, 0.15) is 0 Å². The monoisotopic (exact) mass is 266 g/mol. The van der Waals surface area contributed by atoms with Gasteiger partial charge in [-0.1, -0.05) is 0 Å². The lowest BCUT2D eigenvalue weighted by Gasteiger charge is -2.13. The van der Waals surface area contributed by atoms with Crippen molar-refractivity contribution in [3.8, 4) is 0 Å². The van der Waals surface area contributed by atoms with E-state index in [-0.39, 0.29) is 5.03 Å². The minimum absolute atomic E-state index is 0.0409. The van der Waals surface area contributed by atoms with Gasteiger partial charge in [0.05, 0.1) is 12.5 Å². The lowest BCUT2D eigenvalue weighted by atomic mass is 10.3. The van der Waals surface area contributed by atoms with Crippen LogP contribution < -0.4 is 9.62 Å². The highest BCUT2D eigenvalue weighted by Crippen LogP contribution is 2.18. The molecule has 0 bridgehead atoms. The molecule has 0 saturated heterocycles. The van der Waals surface area contributed by atoms with Crippen LogP contribution in [0.3, 0.4) is 0 Å². The van der Waals surface area contributed by atoms with Crippen LogP contribution in [-0.2, 0) is 10.0 Å². The summed E-state index contributed by atoms with van der Waals surface area (Å²) in [6.45, 7) is 0. The van der Waals surface area contributed by atoms with Gasteiger partial charge >= 0.3 is 0 Å². The van der Waals surface area contributed by atoms with E-state index in [4.69, 9.17) is 0 Å². The Morgan fingerprint density at radius 3 is 2.39 bits per heavy atom. The van der Waals surface area contributed by atoms with Gasteiger partial charge in [0.25, 0.3) is 10.0 Å². The van der Waals surface area contributed by atoms with E-state index in [9.17, 15) is 8.42 Å². The van der Waals surface area contributed by atoms with Gasteiger partial charge in [-0.2, -0.15) is 8.42 Å². The SMILES string of the molecule is CN(C)c1ccc(NS(=O)(=O)c2cnc[nH]2)cc1. The van der Waals surface area contributed by atoms with Gasteiger partial charge in [-0.05, 0) is 24.3 Å². The summed E-state index contributed by atoms with van der Waals surface area (Å²) >= 11 is 0. The Morgan fingerprint density at radius 1 is 1.22 bits per heavy atom. The molecule has 2 N–H and O–H groups in total. The third-order valence-electron chi connectivity index (χ3n) is 2.40. The topological polar surface area (TPSA) is 78.1 Å². The lowest BCUT2D eigenvalue weighted by Crippen LogP contribution is -2.13. The van der Waals surface area contributed by atoms with Crippen molar-refractivity contribution in [1.29, 1.82) is 0 Å². The zero-order chi connectivity index (χ0) is 13.2. The number of hydrogen-bond acceptors (Lipinski definition) is 4. The zero-order valence-corrected chi connectivity index (χ0v) is 10.9. The maximum Gasteiger partial charge on any atom is 0.278 e. The molecule has 6 nitrogen and oxygen atoms in total. The number of H-pyrrole nitrogens is 1. The standard InChI is InChI=1S/C11H14N4O2S/c1-15(2)10-5-3-9(4-6-10)14-18(16,17)11-7-12-8-13-11/h3-8,14H,1-2H3,(H,12,13). The number of rotatable bonds is 4. The summed E-state index contributed by atoms with van der Waals surface area (Å²) in [7, 11) is 0.256. The van der Waals surface area contributed by atoms with Crippen LogP contribution in [0, 0.1) is 0 Å². The molecule has 0 fully saturated rings. The van der Waals surface area contributed by atoms with E-state index in [1.54, 1.807) is 12.1 Å². The van der Waals surface area contributed by atoms with Gasteiger partial charge in [0.15, 0.2) is 5.03 Å². The molecule has 0 amide bonds. The van der Waals surface area contributed by atoms with Crippen molar-refractivity contribution in [3.05, 3.63) is 36.8 Å². The Labute approximate surface area is 106 Å². The number of aromatic amines is 1. The molecule has 1 heterocycles. The van der Waals surface area contributed by atoms with Crippen LogP contribution in [-0.4, -0.2) is 32.5 Å². The van der Waals surface area contributed by atoms with Crippen LogP contribution in [0.25, 0.3) is 0 Å². The van der Waals surface area contributed by atoms with Crippen LogP contribution in [0.2, 0.25) is 0 Å². The molecular formula is C11H14N4O2S. The summed E-state index contributed by atoms with van der Waals surface area (Å²) in [6.07, 6.45) is 2.58. The first kappa shape index (κ1) is 12.4. The van der Waals surface area contributed by atoms with Gasteiger partial charge in [0, 0.05) is 25.5 Å². The summed E-state index contributed by atoms with van der Waals surface area (Å²) in [5.74, 6) is 0. The maximum atomic E-state index is 11.9. The Morgan fingerprint density at radius 2 is 1.89 bits per heavy atom. The maximum absolute atomic E-state index is 11.9. The Bertz CT molecular complexity index is 603. The van der Waals surface area contributed by atoms with Crippen molar-refractivity contribution in [2.45, 2.75) is 5.03 Å². The molecule has 18 heavy (non-hydrogen) atoms. The van der Waals surface area contributed by atoms with Crippen molar-refractivity contribution < 1.29 is 8.42 Å². The van der Waals surface area contributed by atoms with Crippen LogP contribution in [0.4, 0.5) is 11.4 Å². The number of aromatic nitrogens is 2. The summed E-state index contributed by atoms with van der Waals surface area (Å²) in [6, 6.07) is 7.10. The van der Waals surface area contributed by atoms with Crippen molar-refractivity contribution in [2.24, 2.45) is 0 Å². The summed E-state index contributed by atoms with van der Waals surface area (Å²) in [5.41, 5.74) is 1.51. The van der Waals surface area contributed by atoms with Crippen molar-refractivity contribution in [3.63, 3.8) is 0 Å². The van der Waals surface area contributed by atoms with Gasteiger partial charge in [-0.3, -0.25) is 4.72 Å². The van der Waals surface area contributed by atoms with Gasteiger partial charge in [-0.15, -0.1) is 0 Å². The van der Waals surface area contributed by atoms with Gasteiger partial charge in [-0.25, -0.2) is 4.98 Å². The third-order valence-corrected chi connectivity index (χ3v) is 3.71. The second-order valence-electron chi connectivity index (χ2n) is 3.96. The van der Waals surface area contributed by atoms with E-state index in [0.717, 1.165) is 5.69 Å². The predicted octanol–water partition coefficient (Wildman–Crippen LogP) is 1.28. The molecule has 1 aromatic carbocycles. The number of imidazole rings is 1. The van der Waals surface area contributed by atoms with Crippen LogP contribution in [0.15, 0.2) is 41.8 Å². The first-order chi connectivity index (χ1) is 8.49. The molecule has 96 valence electrons. The van der Waals surface area contributed by atoms with E-state index < -0.39 is 10.0 Å². The molecule has 0 radical (unpaired) electrons. The second-order valence-corrected chi connectivity index (χ2v) is 5.61. The molecule has 0 aliphatic heterocycles. The number of hydrogen-bond donors (Lipinski definition) is 2. The van der Waals surface area contributed by atoms with Crippen molar-refractivity contribution in [1.82, 2.24) is 9.97 Å². The largest absolute Gasteiger partial charge is 0.378 e. The molecule has 1 aromatic heterocycles. The number of nitrogens with zero attached hydrogens (tertiary/aromatic N) is 2. The van der Waals surface area contributed by atoms with Gasteiger partial charge < -0.3 is 9.88 Å². The molecule has 2 rings (SSSR count). The zero-order valence-electron chi connectivity index (χ0n) is 10.1. The molecule has 0 saturated carbocycles. The van der Waals surface area contributed by atoms with E-state index >= 15 is 0 Å². The van der Waals surface area contributed by atoms with Gasteiger partial charge in [0.2, 0.25) is 0 Å². The van der Waals surface area contributed by atoms with E-state index in [2.05, 4.69) is 14.7 Å². The Balaban J connectivity index is 2.20. The normalized spacial score (nSPS) is 11.2. The fourth-order valence-corrected chi connectivity index (χ4v) is 2.39. The molecule has 0 unspecified atom stereocenters.